The summed E-state index contributed by atoms with van der Waals surface area (Å²) in [6.07, 6.45) is 6.55. The first-order valence-corrected chi connectivity index (χ1v) is 11.5. The standard InChI is InChI=1S/C25H35ClN2O3/c1-23(2,3)11-10-17-8-9-18(15-19(17)26)25(5)20(24(4)12-13-24)16-28(22(31)27-25)14-6-7-21(29)30/h8-9,15-16H,6-7,10-14H2,1-5H3,(H,27,31)(H,29,30)/t25-/m0/s1. The number of carbonyl (C=O) groups is 2. The first kappa shape index (κ1) is 23.6. The second-order valence-electron chi connectivity index (χ2n) is 10.7. The van der Waals surface area contributed by atoms with Crippen LogP contribution in [0.4, 0.5) is 4.79 Å². The van der Waals surface area contributed by atoms with Crippen LogP contribution in [-0.2, 0) is 16.8 Å². The summed E-state index contributed by atoms with van der Waals surface area (Å²) in [5.74, 6) is -0.846. The Kier molecular flexibility index (Phi) is 6.48. The van der Waals surface area contributed by atoms with E-state index in [4.69, 9.17) is 16.7 Å². The van der Waals surface area contributed by atoms with Gasteiger partial charge in [0.25, 0.3) is 0 Å². The first-order chi connectivity index (χ1) is 14.3. The van der Waals surface area contributed by atoms with Crippen LogP contribution in [0.2, 0.25) is 5.02 Å². The molecule has 1 heterocycles. The molecular formula is C25H35ClN2O3. The largest absolute Gasteiger partial charge is 0.481 e. The van der Waals surface area contributed by atoms with Crippen LogP contribution in [0.1, 0.15) is 77.8 Å². The van der Waals surface area contributed by atoms with Crippen LogP contribution >= 0.6 is 11.6 Å². The number of amides is 2. The van der Waals surface area contributed by atoms with Gasteiger partial charge in [-0.2, -0.15) is 0 Å². The second kappa shape index (κ2) is 8.50. The Bertz CT molecular complexity index is 899. The van der Waals surface area contributed by atoms with Crippen LogP contribution in [0.15, 0.2) is 30.0 Å². The van der Waals surface area contributed by atoms with Crippen LogP contribution in [0.3, 0.4) is 0 Å². The van der Waals surface area contributed by atoms with Crippen molar-refractivity contribution in [2.24, 2.45) is 10.8 Å². The highest BCUT2D eigenvalue weighted by atomic mass is 35.5. The number of urea groups is 1. The number of aliphatic carboxylic acids is 1. The average molecular weight is 447 g/mol. The van der Waals surface area contributed by atoms with Crippen molar-refractivity contribution in [2.75, 3.05) is 6.54 Å². The molecule has 170 valence electrons. The van der Waals surface area contributed by atoms with E-state index in [0.29, 0.717) is 13.0 Å². The fourth-order valence-corrected chi connectivity index (χ4v) is 4.55. The van der Waals surface area contributed by atoms with Crippen molar-refractivity contribution in [2.45, 2.75) is 78.7 Å². The number of nitrogens with one attached hydrogen (secondary N) is 1. The summed E-state index contributed by atoms with van der Waals surface area (Å²) >= 11 is 6.68. The highest BCUT2D eigenvalue weighted by molar-refractivity contribution is 6.31. The SMILES string of the molecule is CC(C)(C)CCc1ccc([C@]2(C)NC(=O)N(CCCC(=O)O)C=C2C2(C)CC2)cc1Cl. The van der Waals surface area contributed by atoms with Crippen molar-refractivity contribution < 1.29 is 14.7 Å². The lowest BCUT2D eigenvalue weighted by Gasteiger charge is -2.43. The van der Waals surface area contributed by atoms with Crippen molar-refractivity contribution in [1.29, 1.82) is 0 Å². The molecule has 1 saturated carbocycles. The Morgan fingerprint density at radius 2 is 1.94 bits per heavy atom. The van der Waals surface area contributed by atoms with Crippen LogP contribution < -0.4 is 5.32 Å². The van der Waals surface area contributed by atoms with Crippen LogP contribution in [0.25, 0.3) is 0 Å². The minimum atomic E-state index is -0.846. The Morgan fingerprint density at radius 1 is 1.26 bits per heavy atom. The topological polar surface area (TPSA) is 69.6 Å². The van der Waals surface area contributed by atoms with Gasteiger partial charge < -0.3 is 15.3 Å². The molecule has 0 radical (unpaired) electrons. The van der Waals surface area contributed by atoms with Crippen molar-refractivity contribution in [3.63, 3.8) is 0 Å². The van der Waals surface area contributed by atoms with Crippen molar-refractivity contribution >= 4 is 23.6 Å². The first-order valence-electron chi connectivity index (χ1n) is 11.2. The van der Waals surface area contributed by atoms with E-state index in [0.717, 1.165) is 47.4 Å². The minimum Gasteiger partial charge on any atom is -0.481 e. The van der Waals surface area contributed by atoms with Gasteiger partial charge in [-0.05, 0) is 72.6 Å². The molecular weight excluding hydrogens is 412 g/mol. The van der Waals surface area contributed by atoms with E-state index >= 15 is 0 Å². The number of halogens is 1. The van der Waals surface area contributed by atoms with Gasteiger partial charge in [0.15, 0.2) is 0 Å². The zero-order chi connectivity index (χ0) is 23.0. The average Bonchev–Trinajstić information content (AvgIpc) is 3.39. The maximum atomic E-state index is 12.9. The summed E-state index contributed by atoms with van der Waals surface area (Å²) in [6.45, 7) is 11.3. The van der Waals surface area contributed by atoms with Gasteiger partial charge in [-0.3, -0.25) is 4.79 Å². The molecule has 1 atom stereocenters. The molecule has 0 saturated heterocycles. The molecule has 2 N–H and O–H groups in total. The number of carboxylic acids is 1. The fraction of sp³-hybridized carbons (Fsp3) is 0.600. The molecule has 0 spiro atoms. The van der Waals surface area contributed by atoms with E-state index in [1.165, 1.54) is 0 Å². The Balaban J connectivity index is 1.89. The number of hydrogen-bond donors (Lipinski definition) is 2. The molecule has 1 aromatic carbocycles. The third-order valence-electron chi connectivity index (χ3n) is 6.66. The highest BCUT2D eigenvalue weighted by Crippen LogP contribution is 2.57. The third-order valence-corrected chi connectivity index (χ3v) is 7.01. The number of nitrogens with zero attached hydrogens (tertiary/aromatic N) is 1. The summed E-state index contributed by atoms with van der Waals surface area (Å²) in [6, 6.07) is 5.98. The van der Waals surface area contributed by atoms with E-state index in [2.05, 4.69) is 52.1 Å². The number of carbonyl (C=O) groups excluding carboxylic acids is 1. The number of rotatable bonds is 8. The number of benzene rings is 1. The smallest absolute Gasteiger partial charge is 0.322 e. The quantitative estimate of drug-likeness (QED) is 0.506. The van der Waals surface area contributed by atoms with E-state index in [-0.39, 0.29) is 23.3 Å². The molecule has 1 aliphatic heterocycles. The van der Waals surface area contributed by atoms with Gasteiger partial charge in [-0.25, -0.2) is 4.79 Å². The van der Waals surface area contributed by atoms with Gasteiger partial charge in [-0.15, -0.1) is 0 Å². The molecule has 5 nitrogen and oxygen atoms in total. The van der Waals surface area contributed by atoms with Crippen LogP contribution in [-0.4, -0.2) is 28.6 Å². The second-order valence-corrected chi connectivity index (χ2v) is 11.1. The predicted molar refractivity (Wildman–Crippen MR) is 124 cm³/mol. The summed E-state index contributed by atoms with van der Waals surface area (Å²) in [4.78, 5) is 25.4. The molecule has 1 aliphatic carbocycles. The van der Waals surface area contributed by atoms with Crippen molar-refractivity contribution in [3.8, 4) is 0 Å². The minimum absolute atomic E-state index is 0.0326. The van der Waals surface area contributed by atoms with Crippen molar-refractivity contribution in [1.82, 2.24) is 10.2 Å². The van der Waals surface area contributed by atoms with Crippen molar-refractivity contribution in [3.05, 3.63) is 46.1 Å². The molecule has 0 unspecified atom stereocenters. The third kappa shape index (κ3) is 5.43. The molecule has 0 aromatic heterocycles. The molecule has 0 bridgehead atoms. The lowest BCUT2D eigenvalue weighted by molar-refractivity contribution is -0.137. The number of carboxylic acid groups (broad SMARTS) is 1. The zero-order valence-electron chi connectivity index (χ0n) is 19.3. The van der Waals surface area contributed by atoms with Gasteiger partial charge in [-0.1, -0.05) is 51.4 Å². The number of hydrogen-bond acceptors (Lipinski definition) is 2. The summed E-state index contributed by atoms with van der Waals surface area (Å²) in [5.41, 5.74) is 2.90. The molecule has 3 rings (SSSR count). The van der Waals surface area contributed by atoms with E-state index in [1.807, 2.05) is 12.3 Å². The monoisotopic (exact) mass is 446 g/mol. The van der Waals surface area contributed by atoms with E-state index in [1.54, 1.807) is 4.90 Å². The Hall–Kier alpha value is -2.01. The van der Waals surface area contributed by atoms with Crippen LogP contribution in [0.5, 0.6) is 0 Å². The molecule has 2 aliphatic rings. The maximum absolute atomic E-state index is 12.9. The molecule has 1 fully saturated rings. The zero-order valence-corrected chi connectivity index (χ0v) is 20.1. The summed E-state index contributed by atoms with van der Waals surface area (Å²) < 4.78 is 0. The maximum Gasteiger partial charge on any atom is 0.322 e. The normalized spacial score (nSPS) is 22.7. The van der Waals surface area contributed by atoms with E-state index < -0.39 is 11.5 Å². The summed E-state index contributed by atoms with van der Waals surface area (Å²) in [5, 5.41) is 12.9. The fourth-order valence-electron chi connectivity index (χ4n) is 4.28. The lowest BCUT2D eigenvalue weighted by Crippen LogP contribution is -2.55. The summed E-state index contributed by atoms with van der Waals surface area (Å²) in [7, 11) is 0. The van der Waals surface area contributed by atoms with Gasteiger partial charge in [0.05, 0.1) is 5.54 Å². The number of aryl methyl sites for hydroxylation is 1. The van der Waals surface area contributed by atoms with E-state index in [9.17, 15) is 9.59 Å². The molecule has 1 aromatic rings. The molecule has 2 amide bonds. The van der Waals surface area contributed by atoms with Gasteiger partial charge in [0, 0.05) is 24.2 Å². The molecule has 6 heteroatoms. The van der Waals surface area contributed by atoms with Gasteiger partial charge >= 0.3 is 12.0 Å². The van der Waals surface area contributed by atoms with Gasteiger partial charge in [0.1, 0.15) is 0 Å². The highest BCUT2D eigenvalue weighted by Gasteiger charge is 2.52. The van der Waals surface area contributed by atoms with Gasteiger partial charge in [0.2, 0.25) is 0 Å². The Morgan fingerprint density at radius 3 is 2.48 bits per heavy atom. The predicted octanol–water partition coefficient (Wildman–Crippen LogP) is 6.11. The lowest BCUT2D eigenvalue weighted by atomic mass is 9.75. The van der Waals surface area contributed by atoms with Crippen LogP contribution in [0, 0.1) is 10.8 Å². The Labute approximate surface area is 190 Å². The molecule has 31 heavy (non-hydrogen) atoms.